The molecule has 0 saturated heterocycles. The Labute approximate surface area is 215 Å². The van der Waals surface area contributed by atoms with Gasteiger partial charge in [0.15, 0.2) is 18.1 Å². The largest absolute Gasteiger partial charge is 0.493 e. The summed E-state index contributed by atoms with van der Waals surface area (Å²) < 4.78 is 11.0. The number of hydrazone groups is 1. The van der Waals surface area contributed by atoms with Gasteiger partial charge in [-0.05, 0) is 85.0 Å². The number of benzene rings is 3. The van der Waals surface area contributed by atoms with Gasteiger partial charge < -0.3 is 20.1 Å². The fourth-order valence-electron chi connectivity index (χ4n) is 3.50. The Kier molecular flexibility index (Phi) is 9.37. The van der Waals surface area contributed by atoms with Crippen LogP contribution in [0.2, 0.25) is 0 Å². The predicted octanol–water partition coefficient (Wildman–Crippen LogP) is 3.98. The van der Waals surface area contributed by atoms with E-state index in [-0.39, 0.29) is 12.5 Å². The molecule has 0 radical (unpaired) electrons. The van der Waals surface area contributed by atoms with Gasteiger partial charge in [0.25, 0.3) is 5.91 Å². The molecule has 3 aromatic carbocycles. The quantitative estimate of drug-likeness (QED) is 0.232. The molecule has 0 aliphatic rings. The van der Waals surface area contributed by atoms with Crippen molar-refractivity contribution < 1.29 is 23.9 Å². The van der Waals surface area contributed by atoms with E-state index in [1.54, 1.807) is 30.3 Å². The van der Waals surface area contributed by atoms with Crippen LogP contribution in [0.15, 0.2) is 65.8 Å². The maximum Gasteiger partial charge on any atom is 0.329 e. The van der Waals surface area contributed by atoms with Crippen molar-refractivity contribution in [1.82, 2.24) is 5.43 Å². The predicted molar refractivity (Wildman–Crippen MR) is 143 cm³/mol. The van der Waals surface area contributed by atoms with Gasteiger partial charge in [0, 0.05) is 11.4 Å². The van der Waals surface area contributed by atoms with Crippen molar-refractivity contribution >= 4 is 35.3 Å². The molecule has 0 saturated carbocycles. The maximum absolute atomic E-state index is 12.3. The van der Waals surface area contributed by atoms with E-state index in [1.165, 1.54) is 13.3 Å². The normalized spacial score (nSPS) is 10.6. The van der Waals surface area contributed by atoms with Crippen LogP contribution in [0.3, 0.4) is 0 Å². The van der Waals surface area contributed by atoms with Crippen LogP contribution >= 0.6 is 0 Å². The summed E-state index contributed by atoms with van der Waals surface area (Å²) in [5.74, 6) is -1.30. The van der Waals surface area contributed by atoms with Crippen molar-refractivity contribution in [2.75, 3.05) is 24.4 Å². The standard InChI is InChI=1S/C28H30N4O5/c1-5-20-6-9-22(10-7-20)31-27(34)28(35)32-29-16-21-8-11-24(25(15-21)36-4)37-17-26(33)30-23-13-18(2)12-19(3)14-23/h6-16H,5,17H2,1-4H3,(H,30,33)(H,31,34)(H,32,35)/b29-16-. The highest BCUT2D eigenvalue weighted by Gasteiger charge is 2.13. The van der Waals surface area contributed by atoms with Gasteiger partial charge in [0.2, 0.25) is 0 Å². The molecule has 0 heterocycles. The van der Waals surface area contributed by atoms with E-state index in [9.17, 15) is 14.4 Å². The van der Waals surface area contributed by atoms with Gasteiger partial charge in [-0.15, -0.1) is 0 Å². The number of aryl methyl sites for hydroxylation is 3. The number of hydrogen-bond acceptors (Lipinski definition) is 6. The molecule has 9 heteroatoms. The summed E-state index contributed by atoms with van der Waals surface area (Å²) >= 11 is 0. The molecular weight excluding hydrogens is 472 g/mol. The number of anilines is 2. The van der Waals surface area contributed by atoms with E-state index >= 15 is 0 Å². The minimum Gasteiger partial charge on any atom is -0.493 e. The Bertz CT molecular complexity index is 1280. The van der Waals surface area contributed by atoms with Crippen molar-refractivity contribution in [2.24, 2.45) is 5.10 Å². The second kappa shape index (κ2) is 12.9. The van der Waals surface area contributed by atoms with E-state index in [2.05, 4.69) is 21.2 Å². The van der Waals surface area contributed by atoms with Gasteiger partial charge in [0.05, 0.1) is 13.3 Å². The van der Waals surface area contributed by atoms with E-state index < -0.39 is 11.8 Å². The van der Waals surface area contributed by atoms with Gasteiger partial charge >= 0.3 is 11.8 Å². The zero-order valence-electron chi connectivity index (χ0n) is 21.3. The Hall–Kier alpha value is -4.66. The van der Waals surface area contributed by atoms with Gasteiger partial charge in [-0.1, -0.05) is 25.1 Å². The fraction of sp³-hybridized carbons (Fsp3) is 0.214. The van der Waals surface area contributed by atoms with Gasteiger partial charge in [0.1, 0.15) is 0 Å². The Balaban J connectivity index is 1.52. The molecule has 3 rings (SSSR count). The number of nitrogens with zero attached hydrogens (tertiary/aromatic N) is 1. The minimum atomic E-state index is -0.905. The average Bonchev–Trinajstić information content (AvgIpc) is 2.87. The van der Waals surface area contributed by atoms with Crippen LogP contribution in [-0.2, 0) is 20.8 Å². The highest BCUT2D eigenvalue weighted by molar-refractivity contribution is 6.39. The van der Waals surface area contributed by atoms with E-state index in [4.69, 9.17) is 9.47 Å². The van der Waals surface area contributed by atoms with Crippen LogP contribution in [0.25, 0.3) is 0 Å². The van der Waals surface area contributed by atoms with Crippen molar-refractivity contribution in [2.45, 2.75) is 27.2 Å². The van der Waals surface area contributed by atoms with Crippen LogP contribution in [0.5, 0.6) is 11.5 Å². The third kappa shape index (κ3) is 8.21. The Morgan fingerprint density at radius 3 is 2.19 bits per heavy atom. The van der Waals surface area contributed by atoms with Crippen LogP contribution in [0, 0.1) is 13.8 Å². The molecule has 0 spiro atoms. The zero-order chi connectivity index (χ0) is 26.8. The van der Waals surface area contributed by atoms with Crippen LogP contribution in [-0.4, -0.2) is 37.7 Å². The lowest BCUT2D eigenvalue weighted by Crippen LogP contribution is -2.32. The molecule has 37 heavy (non-hydrogen) atoms. The lowest BCUT2D eigenvalue weighted by atomic mass is 10.1. The van der Waals surface area contributed by atoms with Gasteiger partial charge in [-0.2, -0.15) is 5.10 Å². The molecule has 0 atom stereocenters. The average molecular weight is 503 g/mol. The van der Waals surface area contributed by atoms with E-state index in [0.717, 1.165) is 23.1 Å². The summed E-state index contributed by atoms with van der Waals surface area (Å²) in [5.41, 5.74) is 7.22. The minimum absolute atomic E-state index is 0.205. The second-order valence-electron chi connectivity index (χ2n) is 8.33. The van der Waals surface area contributed by atoms with Crippen molar-refractivity contribution in [3.63, 3.8) is 0 Å². The number of methoxy groups -OCH3 is 1. The number of carbonyl (C=O) groups excluding carboxylic acids is 3. The van der Waals surface area contributed by atoms with Crippen LogP contribution in [0.1, 0.15) is 29.2 Å². The number of amides is 3. The lowest BCUT2D eigenvalue weighted by molar-refractivity contribution is -0.136. The molecule has 3 aromatic rings. The molecule has 0 bridgehead atoms. The molecule has 9 nitrogen and oxygen atoms in total. The third-order valence-corrected chi connectivity index (χ3v) is 5.26. The van der Waals surface area contributed by atoms with Crippen molar-refractivity contribution in [1.29, 1.82) is 0 Å². The number of nitrogens with one attached hydrogen (secondary N) is 3. The first-order valence-electron chi connectivity index (χ1n) is 11.7. The highest BCUT2D eigenvalue weighted by atomic mass is 16.5. The summed E-state index contributed by atoms with van der Waals surface area (Å²) in [6.45, 7) is 5.74. The fourth-order valence-corrected chi connectivity index (χ4v) is 3.50. The number of hydrogen-bond donors (Lipinski definition) is 3. The van der Waals surface area contributed by atoms with Gasteiger partial charge in [-0.25, -0.2) is 5.43 Å². The van der Waals surface area contributed by atoms with E-state index in [0.29, 0.717) is 28.4 Å². The Morgan fingerprint density at radius 2 is 1.54 bits per heavy atom. The molecule has 0 unspecified atom stereocenters. The number of rotatable bonds is 9. The van der Waals surface area contributed by atoms with Gasteiger partial charge in [-0.3, -0.25) is 14.4 Å². The number of ether oxygens (including phenoxy) is 2. The van der Waals surface area contributed by atoms with Crippen LogP contribution in [0.4, 0.5) is 11.4 Å². The summed E-state index contributed by atoms with van der Waals surface area (Å²) in [5, 5.41) is 9.15. The Morgan fingerprint density at radius 1 is 0.838 bits per heavy atom. The second-order valence-corrected chi connectivity index (χ2v) is 8.33. The summed E-state index contributed by atoms with van der Waals surface area (Å²) in [6.07, 6.45) is 2.24. The monoisotopic (exact) mass is 502 g/mol. The maximum atomic E-state index is 12.3. The van der Waals surface area contributed by atoms with E-state index in [1.807, 2.05) is 51.1 Å². The molecule has 0 aliphatic heterocycles. The smallest absolute Gasteiger partial charge is 0.329 e. The molecule has 192 valence electrons. The first kappa shape index (κ1) is 26.9. The topological polar surface area (TPSA) is 118 Å². The molecule has 3 N–H and O–H groups in total. The number of carbonyl (C=O) groups is 3. The molecule has 3 amide bonds. The molecule has 0 aromatic heterocycles. The first-order valence-corrected chi connectivity index (χ1v) is 11.7. The molecule has 0 fully saturated rings. The summed E-state index contributed by atoms with van der Waals surface area (Å²) in [4.78, 5) is 36.4. The van der Waals surface area contributed by atoms with Crippen molar-refractivity contribution in [3.05, 3.63) is 82.9 Å². The lowest BCUT2D eigenvalue weighted by Gasteiger charge is -2.12. The zero-order valence-corrected chi connectivity index (χ0v) is 21.3. The molecule has 0 aliphatic carbocycles. The molecular formula is C28H30N4O5. The third-order valence-electron chi connectivity index (χ3n) is 5.26. The van der Waals surface area contributed by atoms with Crippen molar-refractivity contribution in [3.8, 4) is 11.5 Å². The summed E-state index contributed by atoms with van der Waals surface area (Å²) in [7, 11) is 1.47. The SMILES string of the molecule is CCc1ccc(NC(=O)C(=O)N/N=C\c2ccc(OCC(=O)Nc3cc(C)cc(C)c3)c(OC)c2)cc1. The highest BCUT2D eigenvalue weighted by Crippen LogP contribution is 2.27. The van der Waals surface area contributed by atoms with Crippen LogP contribution < -0.4 is 25.5 Å². The first-order chi connectivity index (χ1) is 17.8. The summed E-state index contributed by atoms with van der Waals surface area (Å²) in [6, 6.07) is 17.9.